The highest BCUT2D eigenvalue weighted by Gasteiger charge is 2.25. The molecule has 0 radical (unpaired) electrons. The van der Waals surface area contributed by atoms with Crippen molar-refractivity contribution in [3.63, 3.8) is 0 Å². The average molecular weight is 299 g/mol. The lowest BCUT2D eigenvalue weighted by atomic mass is 9.99. The van der Waals surface area contributed by atoms with Gasteiger partial charge in [-0.05, 0) is 45.0 Å². The van der Waals surface area contributed by atoms with E-state index in [4.69, 9.17) is 11.6 Å². The predicted octanol–water partition coefficient (Wildman–Crippen LogP) is 1.35. The molecular weight excluding hydrogens is 280 g/mol. The second kappa shape index (κ2) is 6.72. The quantitative estimate of drug-likeness (QED) is 0.768. The van der Waals surface area contributed by atoms with E-state index in [1.165, 1.54) is 0 Å². The number of aliphatic hydroxyl groups is 1. The van der Waals surface area contributed by atoms with E-state index in [1.54, 1.807) is 45.0 Å². The first-order valence-corrected chi connectivity index (χ1v) is 6.63. The Hall–Kier alpha value is -1.59. The highest BCUT2D eigenvalue weighted by molar-refractivity contribution is 6.30. The molecule has 0 spiro atoms. The fraction of sp³-hybridized carbons (Fsp3) is 0.429. The Labute approximate surface area is 123 Å². The molecular formula is C14H19ClN2O3. The van der Waals surface area contributed by atoms with Crippen molar-refractivity contribution < 1.29 is 14.7 Å². The average Bonchev–Trinajstić information content (AvgIpc) is 2.36. The summed E-state index contributed by atoms with van der Waals surface area (Å²) in [5.74, 6) is -0.718. The summed E-state index contributed by atoms with van der Waals surface area (Å²) in [6, 6.07) is 6.37. The van der Waals surface area contributed by atoms with Crippen molar-refractivity contribution in [2.75, 3.05) is 6.54 Å². The molecule has 1 atom stereocenters. The van der Waals surface area contributed by atoms with Crippen LogP contribution in [0.15, 0.2) is 24.3 Å². The first-order chi connectivity index (χ1) is 9.22. The Balaban J connectivity index is 2.49. The number of carbonyl (C=O) groups is 2. The number of carbonyl (C=O) groups excluding carboxylic acids is 2. The summed E-state index contributed by atoms with van der Waals surface area (Å²) in [4.78, 5) is 23.5. The van der Waals surface area contributed by atoms with Crippen LogP contribution in [-0.4, -0.2) is 35.1 Å². The number of nitrogens with one attached hydrogen (secondary N) is 2. The van der Waals surface area contributed by atoms with E-state index < -0.39 is 11.6 Å². The van der Waals surface area contributed by atoms with E-state index in [9.17, 15) is 14.7 Å². The molecule has 0 aromatic heterocycles. The van der Waals surface area contributed by atoms with Crippen molar-refractivity contribution >= 4 is 23.4 Å². The lowest BCUT2D eigenvalue weighted by Crippen LogP contribution is -2.53. The molecule has 0 saturated carbocycles. The molecule has 0 bridgehead atoms. The Morgan fingerprint density at radius 1 is 1.30 bits per heavy atom. The minimum absolute atomic E-state index is 0.155. The minimum atomic E-state index is -0.748. The van der Waals surface area contributed by atoms with Crippen molar-refractivity contribution in [2.45, 2.75) is 32.4 Å². The molecule has 1 aromatic rings. The van der Waals surface area contributed by atoms with Crippen LogP contribution in [0.25, 0.3) is 0 Å². The number of aliphatic hydroxyl groups excluding tert-OH is 1. The van der Waals surface area contributed by atoms with E-state index >= 15 is 0 Å². The third-order valence-corrected chi connectivity index (χ3v) is 3.27. The van der Waals surface area contributed by atoms with Crippen LogP contribution in [-0.2, 0) is 4.79 Å². The lowest BCUT2D eigenvalue weighted by Gasteiger charge is -2.29. The van der Waals surface area contributed by atoms with Crippen molar-refractivity contribution in [1.82, 2.24) is 10.6 Å². The normalized spacial score (nSPS) is 12.7. The molecule has 110 valence electrons. The van der Waals surface area contributed by atoms with E-state index in [2.05, 4.69) is 10.6 Å². The standard InChI is InChI=1S/C14H19ClN2O3/c1-9(18)14(2,3)17-12(19)8-16-13(20)10-4-6-11(15)7-5-10/h4-7,9,18H,8H2,1-3H3,(H,16,20)(H,17,19). The van der Waals surface area contributed by atoms with Gasteiger partial charge in [0.1, 0.15) is 0 Å². The summed E-state index contributed by atoms with van der Waals surface area (Å²) in [5, 5.41) is 15.2. The number of hydrogen-bond acceptors (Lipinski definition) is 3. The van der Waals surface area contributed by atoms with E-state index in [0.717, 1.165) is 0 Å². The van der Waals surface area contributed by atoms with Gasteiger partial charge in [-0.2, -0.15) is 0 Å². The fourth-order valence-corrected chi connectivity index (χ4v) is 1.50. The van der Waals surface area contributed by atoms with Crippen LogP contribution in [0.3, 0.4) is 0 Å². The Bertz CT molecular complexity index is 484. The van der Waals surface area contributed by atoms with Gasteiger partial charge in [-0.1, -0.05) is 11.6 Å². The van der Waals surface area contributed by atoms with Crippen LogP contribution >= 0.6 is 11.6 Å². The molecule has 6 heteroatoms. The molecule has 20 heavy (non-hydrogen) atoms. The van der Waals surface area contributed by atoms with Gasteiger partial charge >= 0.3 is 0 Å². The largest absolute Gasteiger partial charge is 0.391 e. The van der Waals surface area contributed by atoms with Crippen molar-refractivity contribution in [1.29, 1.82) is 0 Å². The molecule has 0 aliphatic rings. The highest BCUT2D eigenvalue weighted by Crippen LogP contribution is 2.09. The van der Waals surface area contributed by atoms with Gasteiger partial charge in [0.25, 0.3) is 5.91 Å². The first kappa shape index (κ1) is 16.5. The van der Waals surface area contributed by atoms with Crippen LogP contribution in [0.5, 0.6) is 0 Å². The third kappa shape index (κ3) is 4.83. The molecule has 0 heterocycles. The van der Waals surface area contributed by atoms with Gasteiger partial charge in [0.15, 0.2) is 0 Å². The van der Waals surface area contributed by atoms with Crippen LogP contribution < -0.4 is 10.6 Å². The van der Waals surface area contributed by atoms with Crippen LogP contribution in [0.4, 0.5) is 0 Å². The highest BCUT2D eigenvalue weighted by atomic mass is 35.5. The summed E-state index contributed by atoms with van der Waals surface area (Å²) < 4.78 is 0. The van der Waals surface area contributed by atoms with E-state index in [-0.39, 0.29) is 18.4 Å². The van der Waals surface area contributed by atoms with Gasteiger partial charge in [-0.25, -0.2) is 0 Å². The lowest BCUT2D eigenvalue weighted by molar-refractivity contribution is -0.123. The molecule has 0 aliphatic carbocycles. The number of halogens is 1. The number of benzene rings is 1. The van der Waals surface area contributed by atoms with Gasteiger partial charge in [-0.3, -0.25) is 9.59 Å². The second-order valence-corrected chi connectivity index (χ2v) is 5.57. The summed E-state index contributed by atoms with van der Waals surface area (Å²) in [5.41, 5.74) is -0.320. The molecule has 1 rings (SSSR count). The van der Waals surface area contributed by atoms with Crippen molar-refractivity contribution in [2.24, 2.45) is 0 Å². The Morgan fingerprint density at radius 2 is 1.85 bits per heavy atom. The predicted molar refractivity (Wildman–Crippen MR) is 77.7 cm³/mol. The summed E-state index contributed by atoms with van der Waals surface area (Å²) in [7, 11) is 0. The number of hydrogen-bond donors (Lipinski definition) is 3. The molecule has 5 nitrogen and oxygen atoms in total. The fourth-order valence-electron chi connectivity index (χ4n) is 1.37. The molecule has 0 aliphatic heterocycles. The van der Waals surface area contributed by atoms with E-state index in [1.807, 2.05) is 0 Å². The zero-order valence-electron chi connectivity index (χ0n) is 11.7. The molecule has 2 amide bonds. The summed E-state index contributed by atoms with van der Waals surface area (Å²) in [6.45, 7) is 4.84. The maximum atomic E-state index is 11.8. The SMILES string of the molecule is CC(O)C(C)(C)NC(=O)CNC(=O)c1ccc(Cl)cc1. The molecule has 1 unspecified atom stereocenters. The Morgan fingerprint density at radius 3 is 2.35 bits per heavy atom. The van der Waals surface area contributed by atoms with Crippen molar-refractivity contribution in [3.8, 4) is 0 Å². The zero-order valence-corrected chi connectivity index (χ0v) is 12.5. The molecule has 3 N–H and O–H groups in total. The van der Waals surface area contributed by atoms with Gasteiger partial charge in [0, 0.05) is 10.6 Å². The number of amides is 2. The maximum Gasteiger partial charge on any atom is 0.251 e. The summed E-state index contributed by atoms with van der Waals surface area (Å²) >= 11 is 5.73. The third-order valence-electron chi connectivity index (χ3n) is 3.02. The summed E-state index contributed by atoms with van der Waals surface area (Å²) in [6.07, 6.45) is -0.696. The van der Waals surface area contributed by atoms with Crippen LogP contribution in [0.1, 0.15) is 31.1 Å². The van der Waals surface area contributed by atoms with Gasteiger partial charge in [-0.15, -0.1) is 0 Å². The monoisotopic (exact) mass is 298 g/mol. The smallest absolute Gasteiger partial charge is 0.251 e. The topological polar surface area (TPSA) is 78.4 Å². The van der Waals surface area contributed by atoms with Crippen LogP contribution in [0.2, 0.25) is 5.02 Å². The van der Waals surface area contributed by atoms with E-state index in [0.29, 0.717) is 10.6 Å². The zero-order chi connectivity index (χ0) is 15.3. The molecule has 1 aromatic carbocycles. The molecule has 0 saturated heterocycles. The van der Waals surface area contributed by atoms with Crippen LogP contribution in [0, 0.1) is 0 Å². The van der Waals surface area contributed by atoms with Gasteiger partial charge in [0.05, 0.1) is 18.2 Å². The second-order valence-electron chi connectivity index (χ2n) is 5.14. The molecule has 0 fully saturated rings. The minimum Gasteiger partial charge on any atom is -0.391 e. The first-order valence-electron chi connectivity index (χ1n) is 6.25. The van der Waals surface area contributed by atoms with Crippen molar-refractivity contribution in [3.05, 3.63) is 34.9 Å². The Kier molecular flexibility index (Phi) is 5.53. The van der Waals surface area contributed by atoms with Gasteiger partial charge < -0.3 is 15.7 Å². The maximum absolute atomic E-state index is 11.8. The van der Waals surface area contributed by atoms with Gasteiger partial charge in [0.2, 0.25) is 5.91 Å². The number of rotatable bonds is 5.